The maximum absolute atomic E-state index is 13.1. The van der Waals surface area contributed by atoms with E-state index in [9.17, 15) is 24.3 Å². The van der Waals surface area contributed by atoms with Crippen LogP contribution in [0.15, 0.2) is 24.4 Å². The van der Waals surface area contributed by atoms with Crippen LogP contribution in [0.5, 0.6) is 0 Å². The second kappa shape index (κ2) is 9.83. The van der Waals surface area contributed by atoms with Gasteiger partial charge < -0.3 is 10.4 Å². The number of hydrogen-bond donors (Lipinski definition) is 3. The number of aromatic nitrogens is 2. The molecule has 1 saturated heterocycles. The van der Waals surface area contributed by atoms with E-state index in [1.165, 1.54) is 30.5 Å². The van der Waals surface area contributed by atoms with E-state index < -0.39 is 23.8 Å². The van der Waals surface area contributed by atoms with Crippen molar-refractivity contribution in [1.29, 1.82) is 0 Å². The van der Waals surface area contributed by atoms with Gasteiger partial charge in [0.05, 0.1) is 29.0 Å². The molecule has 0 spiro atoms. The quantitative estimate of drug-likeness (QED) is 0.455. The molecular weight excluding hydrogens is 510 g/mol. The zero-order chi connectivity index (χ0) is 27.5. The number of hydrogen-bond acceptors (Lipinski definition) is 7. The van der Waals surface area contributed by atoms with E-state index >= 15 is 0 Å². The highest BCUT2D eigenvalue weighted by Crippen LogP contribution is 2.47. The van der Waals surface area contributed by atoms with E-state index in [4.69, 9.17) is 5.10 Å². The van der Waals surface area contributed by atoms with E-state index in [-0.39, 0.29) is 41.9 Å². The Hall–Kier alpha value is -3.53. The van der Waals surface area contributed by atoms with Crippen LogP contribution in [0.3, 0.4) is 0 Å². The molecule has 3 unspecified atom stereocenters. The summed E-state index contributed by atoms with van der Waals surface area (Å²) in [4.78, 5) is 50.8. The van der Waals surface area contributed by atoms with Crippen molar-refractivity contribution in [3.63, 3.8) is 0 Å². The van der Waals surface area contributed by atoms with Crippen LogP contribution in [-0.2, 0) is 9.59 Å². The van der Waals surface area contributed by atoms with Gasteiger partial charge in [0, 0.05) is 36.7 Å². The number of aliphatic hydroxyl groups is 1. The number of carbonyl (C=O) groups excluding carboxylic acids is 4. The van der Waals surface area contributed by atoms with Gasteiger partial charge in [0.2, 0.25) is 11.8 Å². The lowest BCUT2D eigenvalue weighted by molar-refractivity contribution is -0.136. The van der Waals surface area contributed by atoms with Gasteiger partial charge in [-0.3, -0.25) is 34.1 Å². The topological polar surface area (TPSA) is 134 Å². The first-order valence-electron chi connectivity index (χ1n) is 14.7. The van der Waals surface area contributed by atoms with E-state index in [1.807, 2.05) is 0 Å². The van der Waals surface area contributed by atoms with Gasteiger partial charge in [-0.05, 0) is 74.6 Å². The number of nitrogens with one attached hydrogen (secondary N) is 2. The molecule has 2 aromatic rings. The third kappa shape index (κ3) is 4.42. The molecule has 3 heterocycles. The SMILES string of the molecule is O=C1CCC(N2C(=O)c3ccc(NC[C@H]4C[C@H](n5cc(C6CCCCC6O)c(C6CC6)n5)C4)cc3C2=O)C(=O)N1. The molecule has 0 bridgehead atoms. The largest absolute Gasteiger partial charge is 0.392 e. The molecule has 4 amide bonds. The van der Waals surface area contributed by atoms with E-state index in [0.29, 0.717) is 17.9 Å². The Kier molecular flexibility index (Phi) is 6.25. The number of benzene rings is 1. The van der Waals surface area contributed by atoms with Gasteiger partial charge in [0.15, 0.2) is 0 Å². The van der Waals surface area contributed by atoms with Crippen molar-refractivity contribution in [3.05, 3.63) is 46.8 Å². The van der Waals surface area contributed by atoms with Gasteiger partial charge in [-0.2, -0.15) is 5.10 Å². The molecular formula is C30H35N5O5. The molecule has 0 radical (unpaired) electrons. The minimum atomic E-state index is -0.960. The highest BCUT2D eigenvalue weighted by atomic mass is 16.3. The summed E-state index contributed by atoms with van der Waals surface area (Å²) >= 11 is 0. The molecule has 3 atom stereocenters. The minimum absolute atomic E-state index is 0.100. The number of fused-ring (bicyclic) bond motifs is 1. The van der Waals surface area contributed by atoms with Crippen molar-refractivity contribution >= 4 is 29.3 Å². The van der Waals surface area contributed by atoms with Gasteiger partial charge >= 0.3 is 0 Å². The number of rotatable bonds is 7. The summed E-state index contributed by atoms with van der Waals surface area (Å²) in [5.74, 6) is -0.736. The summed E-state index contributed by atoms with van der Waals surface area (Å²) < 4.78 is 2.16. The first-order chi connectivity index (χ1) is 19.4. The van der Waals surface area contributed by atoms with Crippen molar-refractivity contribution in [2.24, 2.45) is 5.92 Å². The fourth-order valence-electron chi connectivity index (χ4n) is 6.97. The summed E-state index contributed by atoms with van der Waals surface area (Å²) in [7, 11) is 0. The Bertz CT molecular complexity index is 1390. The summed E-state index contributed by atoms with van der Waals surface area (Å²) in [5, 5.41) is 21.3. The number of nitrogens with zero attached hydrogens (tertiary/aromatic N) is 3. The van der Waals surface area contributed by atoms with Crippen LogP contribution < -0.4 is 10.6 Å². The molecule has 7 rings (SSSR count). The lowest BCUT2D eigenvalue weighted by Crippen LogP contribution is -2.54. The third-order valence-corrected chi connectivity index (χ3v) is 9.50. The molecule has 40 heavy (non-hydrogen) atoms. The molecule has 5 aliphatic rings. The Morgan fingerprint density at radius 1 is 0.975 bits per heavy atom. The maximum atomic E-state index is 13.1. The second-order valence-corrected chi connectivity index (χ2v) is 12.3. The van der Waals surface area contributed by atoms with Crippen molar-refractivity contribution in [1.82, 2.24) is 20.0 Å². The first kappa shape index (κ1) is 25.4. The van der Waals surface area contributed by atoms with Gasteiger partial charge in [-0.25, -0.2) is 0 Å². The summed E-state index contributed by atoms with van der Waals surface area (Å²) in [5.41, 5.74) is 3.83. The molecule has 1 aromatic heterocycles. The first-order valence-corrected chi connectivity index (χ1v) is 14.7. The average Bonchev–Trinajstić information content (AvgIpc) is 3.63. The van der Waals surface area contributed by atoms with Crippen molar-refractivity contribution in [2.75, 3.05) is 11.9 Å². The van der Waals surface area contributed by atoms with Gasteiger partial charge in [-0.1, -0.05) is 12.8 Å². The molecule has 210 valence electrons. The monoisotopic (exact) mass is 545 g/mol. The predicted molar refractivity (Wildman–Crippen MR) is 145 cm³/mol. The van der Waals surface area contributed by atoms with Crippen LogP contribution in [0.25, 0.3) is 0 Å². The summed E-state index contributed by atoms with van der Waals surface area (Å²) in [6.07, 6.45) is 10.8. The van der Waals surface area contributed by atoms with Crippen LogP contribution in [-0.4, -0.2) is 62.1 Å². The van der Waals surface area contributed by atoms with Crippen LogP contribution in [0.2, 0.25) is 0 Å². The molecule has 3 N–H and O–H groups in total. The van der Waals surface area contributed by atoms with Crippen molar-refractivity contribution < 1.29 is 24.3 Å². The van der Waals surface area contributed by atoms with Crippen molar-refractivity contribution in [3.8, 4) is 0 Å². The van der Waals surface area contributed by atoms with Crippen LogP contribution in [0.1, 0.15) is 114 Å². The van der Waals surface area contributed by atoms with Gasteiger partial charge in [-0.15, -0.1) is 0 Å². The second-order valence-electron chi connectivity index (χ2n) is 12.3. The lowest BCUT2D eigenvalue weighted by Gasteiger charge is -2.36. The molecule has 1 aromatic carbocycles. The van der Waals surface area contributed by atoms with E-state index in [2.05, 4.69) is 21.5 Å². The molecule has 4 fully saturated rings. The van der Waals surface area contributed by atoms with Gasteiger partial charge in [0.25, 0.3) is 11.8 Å². The zero-order valence-electron chi connectivity index (χ0n) is 22.5. The molecule has 3 saturated carbocycles. The minimum Gasteiger partial charge on any atom is -0.392 e. The Balaban J connectivity index is 0.975. The van der Waals surface area contributed by atoms with Crippen molar-refractivity contribution in [2.45, 2.75) is 94.2 Å². The maximum Gasteiger partial charge on any atom is 0.262 e. The average molecular weight is 546 g/mol. The molecule has 10 heteroatoms. The number of carbonyl (C=O) groups is 4. The van der Waals surface area contributed by atoms with E-state index in [1.54, 1.807) is 18.2 Å². The molecule has 2 aliphatic heterocycles. The van der Waals surface area contributed by atoms with Gasteiger partial charge in [0.1, 0.15) is 6.04 Å². The highest BCUT2D eigenvalue weighted by Gasteiger charge is 2.45. The normalized spacial score (nSPS) is 30.2. The Labute approximate surface area is 232 Å². The number of aliphatic hydroxyl groups excluding tert-OH is 1. The van der Waals surface area contributed by atoms with Crippen LogP contribution in [0.4, 0.5) is 5.69 Å². The molecule has 3 aliphatic carbocycles. The molecule has 10 nitrogen and oxygen atoms in total. The summed E-state index contributed by atoms with van der Waals surface area (Å²) in [6.45, 7) is 0.749. The lowest BCUT2D eigenvalue weighted by atomic mass is 9.80. The number of amides is 4. The Morgan fingerprint density at radius 3 is 2.50 bits per heavy atom. The number of anilines is 1. The smallest absolute Gasteiger partial charge is 0.262 e. The van der Waals surface area contributed by atoms with E-state index in [0.717, 1.165) is 49.2 Å². The highest BCUT2D eigenvalue weighted by molar-refractivity contribution is 6.23. The third-order valence-electron chi connectivity index (χ3n) is 9.50. The standard InChI is InChI=1S/C30H35N5O5/c36-25-4-2-1-3-20(25)23-15-34(33-27(23)17-5-6-17)19-11-16(12-19)14-31-18-7-8-21-22(13-18)30(40)35(29(21)39)24-9-10-26(37)32-28(24)38/h7-8,13,15-17,19-20,24-25,31,36H,1-6,9-12,14H2,(H,32,37,38)/t16-,19-,20?,24?,25?. The summed E-state index contributed by atoms with van der Waals surface area (Å²) in [6, 6.07) is 4.52. The zero-order valence-corrected chi connectivity index (χ0v) is 22.5. The Morgan fingerprint density at radius 2 is 1.75 bits per heavy atom. The number of imide groups is 2. The number of piperidine rings is 1. The fourth-order valence-corrected chi connectivity index (χ4v) is 6.97. The predicted octanol–water partition coefficient (Wildman–Crippen LogP) is 3.24. The van der Waals surface area contributed by atoms with Crippen LogP contribution >= 0.6 is 0 Å². The van der Waals surface area contributed by atoms with Crippen LogP contribution in [0, 0.1) is 5.92 Å². The fraction of sp³-hybridized carbons (Fsp3) is 0.567.